The molecular weight excluding hydrogens is 388 g/mol. The predicted octanol–water partition coefficient (Wildman–Crippen LogP) is 3.45. The lowest BCUT2D eigenvalue weighted by Gasteiger charge is -2.37. The number of carbonyl (C=O) groups excluding carboxylic acids is 2. The Morgan fingerprint density at radius 2 is 1.87 bits per heavy atom. The van der Waals surface area contributed by atoms with Crippen LogP contribution in [0.2, 0.25) is 0 Å². The number of aryl methyl sites for hydroxylation is 1. The Balaban J connectivity index is 1.43. The minimum absolute atomic E-state index is 0.205. The van der Waals surface area contributed by atoms with Crippen molar-refractivity contribution >= 4 is 11.8 Å². The highest BCUT2D eigenvalue weighted by Crippen LogP contribution is 2.40. The summed E-state index contributed by atoms with van der Waals surface area (Å²) in [5, 5.41) is 0. The summed E-state index contributed by atoms with van der Waals surface area (Å²) in [6, 6.07) is 10.5. The van der Waals surface area contributed by atoms with Crippen LogP contribution in [0.3, 0.4) is 0 Å². The lowest BCUT2D eigenvalue weighted by atomic mass is 9.70. The van der Waals surface area contributed by atoms with Gasteiger partial charge in [-0.15, -0.1) is 0 Å². The van der Waals surface area contributed by atoms with E-state index in [-0.39, 0.29) is 11.8 Å². The smallest absolute Gasteiger partial charge is 0.223 e. The molecule has 0 spiro atoms. The van der Waals surface area contributed by atoms with Gasteiger partial charge in [0.25, 0.3) is 0 Å². The number of nitrogens with zero attached hydrogens (tertiary/aromatic N) is 3. The van der Waals surface area contributed by atoms with Crippen LogP contribution in [0.1, 0.15) is 56.2 Å². The van der Waals surface area contributed by atoms with Crippen LogP contribution < -0.4 is 5.73 Å². The van der Waals surface area contributed by atoms with Gasteiger partial charge in [0.05, 0.1) is 12.0 Å². The van der Waals surface area contributed by atoms with Gasteiger partial charge in [-0.05, 0) is 61.8 Å². The number of likely N-dealkylation sites (tertiary alicyclic amines) is 1. The number of aromatic nitrogens is 2. The molecule has 4 rings (SSSR count). The normalized spacial score (nSPS) is 26.4. The van der Waals surface area contributed by atoms with Crippen molar-refractivity contribution in [3.05, 3.63) is 54.1 Å². The monoisotopic (exact) mass is 422 g/mol. The summed E-state index contributed by atoms with van der Waals surface area (Å²) in [5.74, 6) is 1.43. The number of imidazole rings is 1. The van der Waals surface area contributed by atoms with Crippen LogP contribution in [0.25, 0.3) is 0 Å². The first-order valence-corrected chi connectivity index (χ1v) is 11.5. The largest absolute Gasteiger partial charge is 0.370 e. The predicted molar refractivity (Wildman–Crippen MR) is 120 cm³/mol. The SMILES string of the molecule is Cn1cnc(CC2CC(CC(N)=O)CC(CC3CCC(=O)N3Cc3ccccc3)C2)c1. The molecule has 1 aliphatic carbocycles. The van der Waals surface area contributed by atoms with Crippen molar-refractivity contribution < 1.29 is 9.59 Å². The molecule has 4 atom stereocenters. The molecule has 2 aliphatic rings. The number of hydrogen-bond acceptors (Lipinski definition) is 3. The zero-order valence-electron chi connectivity index (χ0n) is 18.5. The third-order valence-electron chi connectivity index (χ3n) is 7.00. The Kier molecular flexibility index (Phi) is 6.73. The molecule has 166 valence electrons. The van der Waals surface area contributed by atoms with Crippen LogP contribution >= 0.6 is 0 Å². The molecule has 4 unspecified atom stereocenters. The number of primary amides is 1. The molecule has 2 aromatic rings. The molecular formula is C25H34N4O2. The van der Waals surface area contributed by atoms with E-state index in [1.54, 1.807) is 0 Å². The summed E-state index contributed by atoms with van der Waals surface area (Å²) in [5.41, 5.74) is 7.86. The van der Waals surface area contributed by atoms with Crippen LogP contribution in [0.15, 0.2) is 42.9 Å². The van der Waals surface area contributed by atoms with Crippen LogP contribution in [-0.4, -0.2) is 32.3 Å². The number of nitrogens with two attached hydrogens (primary N) is 1. The first-order valence-electron chi connectivity index (χ1n) is 11.5. The van der Waals surface area contributed by atoms with E-state index in [1.807, 2.05) is 36.1 Å². The van der Waals surface area contributed by atoms with E-state index >= 15 is 0 Å². The highest BCUT2D eigenvalue weighted by molar-refractivity contribution is 5.78. The van der Waals surface area contributed by atoms with E-state index in [0.29, 0.717) is 43.2 Å². The summed E-state index contributed by atoms with van der Waals surface area (Å²) in [6.45, 7) is 0.694. The fourth-order valence-corrected chi connectivity index (χ4v) is 5.80. The minimum Gasteiger partial charge on any atom is -0.370 e. The summed E-state index contributed by atoms with van der Waals surface area (Å²) >= 11 is 0. The highest BCUT2D eigenvalue weighted by atomic mass is 16.2. The number of amides is 2. The summed E-state index contributed by atoms with van der Waals surface area (Å²) < 4.78 is 1.99. The van der Waals surface area contributed by atoms with Gasteiger partial charge in [0.15, 0.2) is 0 Å². The Morgan fingerprint density at radius 3 is 2.58 bits per heavy atom. The maximum atomic E-state index is 12.6. The minimum atomic E-state index is -0.205. The standard InChI is InChI=1S/C25H34N4O2/c1-28-16-22(27-17-28)12-19-9-20(11-21(10-19)14-24(26)30)13-23-7-8-25(31)29(23)15-18-5-3-2-4-6-18/h2-6,16-17,19-21,23H,7-15H2,1H3,(H2,26,30). The van der Waals surface area contributed by atoms with Crippen molar-refractivity contribution in [1.82, 2.24) is 14.5 Å². The van der Waals surface area contributed by atoms with E-state index in [0.717, 1.165) is 44.2 Å². The fourth-order valence-electron chi connectivity index (χ4n) is 5.80. The lowest BCUT2D eigenvalue weighted by molar-refractivity contribution is -0.129. The molecule has 1 aliphatic heterocycles. The number of rotatable bonds is 8. The van der Waals surface area contributed by atoms with Gasteiger partial charge in [-0.3, -0.25) is 9.59 Å². The molecule has 2 fully saturated rings. The summed E-state index contributed by atoms with van der Waals surface area (Å²) in [4.78, 5) is 30.8. The number of benzene rings is 1. The van der Waals surface area contributed by atoms with Gasteiger partial charge in [0.2, 0.25) is 11.8 Å². The number of carbonyl (C=O) groups is 2. The Bertz CT molecular complexity index is 894. The molecule has 2 heterocycles. The Morgan fingerprint density at radius 1 is 1.13 bits per heavy atom. The fraction of sp³-hybridized carbons (Fsp3) is 0.560. The molecule has 1 saturated heterocycles. The molecule has 0 bridgehead atoms. The van der Waals surface area contributed by atoms with Crippen LogP contribution in [0.4, 0.5) is 0 Å². The van der Waals surface area contributed by atoms with E-state index < -0.39 is 0 Å². The van der Waals surface area contributed by atoms with Gasteiger partial charge in [-0.1, -0.05) is 30.3 Å². The lowest BCUT2D eigenvalue weighted by Crippen LogP contribution is -2.36. The van der Waals surface area contributed by atoms with Gasteiger partial charge < -0.3 is 15.2 Å². The molecule has 1 saturated carbocycles. The molecule has 2 N–H and O–H groups in total. The maximum absolute atomic E-state index is 12.6. The van der Waals surface area contributed by atoms with Crippen LogP contribution in [0, 0.1) is 17.8 Å². The highest BCUT2D eigenvalue weighted by Gasteiger charge is 2.36. The van der Waals surface area contributed by atoms with E-state index in [2.05, 4.69) is 28.2 Å². The first-order chi connectivity index (χ1) is 15.0. The van der Waals surface area contributed by atoms with Crippen molar-refractivity contribution in [1.29, 1.82) is 0 Å². The van der Waals surface area contributed by atoms with E-state index in [9.17, 15) is 9.59 Å². The topological polar surface area (TPSA) is 81.2 Å². The Hall–Kier alpha value is -2.63. The Labute approximate surface area is 184 Å². The second-order valence-corrected chi connectivity index (χ2v) is 9.65. The van der Waals surface area contributed by atoms with Crippen molar-refractivity contribution in [3.8, 4) is 0 Å². The maximum Gasteiger partial charge on any atom is 0.223 e. The summed E-state index contributed by atoms with van der Waals surface area (Å²) in [6.07, 6.45) is 11.2. The van der Waals surface area contributed by atoms with Crippen molar-refractivity contribution in [2.75, 3.05) is 0 Å². The van der Waals surface area contributed by atoms with E-state index in [4.69, 9.17) is 5.73 Å². The third-order valence-corrected chi connectivity index (χ3v) is 7.00. The molecule has 0 radical (unpaired) electrons. The summed E-state index contributed by atoms with van der Waals surface area (Å²) in [7, 11) is 1.99. The molecule has 1 aromatic carbocycles. The van der Waals surface area contributed by atoms with Crippen LogP contribution in [0.5, 0.6) is 0 Å². The average Bonchev–Trinajstić information content (AvgIpc) is 3.28. The van der Waals surface area contributed by atoms with E-state index in [1.165, 1.54) is 5.56 Å². The van der Waals surface area contributed by atoms with Gasteiger partial charge in [-0.2, -0.15) is 0 Å². The van der Waals surface area contributed by atoms with Gasteiger partial charge >= 0.3 is 0 Å². The quantitative estimate of drug-likeness (QED) is 0.707. The first kappa shape index (κ1) is 21.6. The third kappa shape index (κ3) is 5.75. The second-order valence-electron chi connectivity index (χ2n) is 9.65. The average molecular weight is 423 g/mol. The molecule has 6 nitrogen and oxygen atoms in total. The van der Waals surface area contributed by atoms with Gasteiger partial charge in [-0.25, -0.2) is 4.98 Å². The zero-order valence-corrected chi connectivity index (χ0v) is 18.5. The molecule has 2 amide bonds. The van der Waals surface area contributed by atoms with Crippen molar-refractivity contribution in [2.24, 2.45) is 30.5 Å². The second kappa shape index (κ2) is 9.67. The van der Waals surface area contributed by atoms with Gasteiger partial charge in [0, 0.05) is 38.7 Å². The molecule has 1 aromatic heterocycles. The van der Waals surface area contributed by atoms with Crippen molar-refractivity contribution in [2.45, 2.75) is 64.0 Å². The number of hydrogen-bond donors (Lipinski definition) is 1. The zero-order chi connectivity index (χ0) is 21.8. The van der Waals surface area contributed by atoms with Gasteiger partial charge in [0.1, 0.15) is 0 Å². The molecule has 6 heteroatoms. The molecule has 31 heavy (non-hydrogen) atoms. The van der Waals surface area contributed by atoms with Crippen LogP contribution in [-0.2, 0) is 29.6 Å². The van der Waals surface area contributed by atoms with Crippen molar-refractivity contribution in [3.63, 3.8) is 0 Å².